The summed E-state index contributed by atoms with van der Waals surface area (Å²) in [6.07, 6.45) is 2.55. The van der Waals surface area contributed by atoms with Crippen molar-refractivity contribution in [1.29, 1.82) is 0 Å². The van der Waals surface area contributed by atoms with Crippen LogP contribution in [-0.4, -0.2) is 37.1 Å². The summed E-state index contributed by atoms with van der Waals surface area (Å²) in [5.41, 5.74) is 0. The van der Waals surface area contributed by atoms with Crippen LogP contribution in [0.2, 0.25) is 0 Å². The molecule has 0 fully saturated rings. The lowest BCUT2D eigenvalue weighted by molar-refractivity contribution is 0.0711. The van der Waals surface area contributed by atoms with Gasteiger partial charge in [-0.3, -0.25) is 4.79 Å². The molecule has 2 aromatic heterocycles. The van der Waals surface area contributed by atoms with Crippen molar-refractivity contribution < 1.29 is 4.79 Å². The van der Waals surface area contributed by atoms with E-state index >= 15 is 0 Å². The smallest absolute Gasteiger partial charge is 0.266 e. The van der Waals surface area contributed by atoms with Crippen LogP contribution in [0.25, 0.3) is 0 Å². The van der Waals surface area contributed by atoms with E-state index in [1.807, 2.05) is 11.8 Å². The van der Waals surface area contributed by atoms with Gasteiger partial charge in [-0.15, -0.1) is 21.5 Å². The summed E-state index contributed by atoms with van der Waals surface area (Å²) in [5.74, 6) is 2.27. The highest BCUT2D eigenvalue weighted by molar-refractivity contribution is 7.13. The van der Waals surface area contributed by atoms with Crippen molar-refractivity contribution in [3.8, 4) is 0 Å². The van der Waals surface area contributed by atoms with Crippen molar-refractivity contribution in [3.05, 3.63) is 27.7 Å². The predicted molar refractivity (Wildman–Crippen MR) is 80.3 cm³/mol. The fourth-order valence-corrected chi connectivity index (χ4v) is 3.33. The first-order chi connectivity index (χ1) is 10.1. The van der Waals surface area contributed by atoms with Gasteiger partial charge in [0.05, 0.1) is 17.7 Å². The number of amides is 1. The molecule has 1 amide bonds. The van der Waals surface area contributed by atoms with Crippen molar-refractivity contribution in [3.63, 3.8) is 0 Å². The van der Waals surface area contributed by atoms with Crippen LogP contribution in [0.3, 0.4) is 0 Å². The molecule has 1 aliphatic rings. The Morgan fingerprint density at radius 1 is 1.38 bits per heavy atom. The molecule has 0 spiro atoms. The molecule has 0 radical (unpaired) electrons. The molecule has 1 aliphatic heterocycles. The van der Waals surface area contributed by atoms with Crippen molar-refractivity contribution in [2.75, 3.05) is 6.54 Å². The van der Waals surface area contributed by atoms with E-state index in [1.54, 1.807) is 6.20 Å². The summed E-state index contributed by atoms with van der Waals surface area (Å²) in [7, 11) is 0. The number of aryl methyl sites for hydroxylation is 1. The van der Waals surface area contributed by atoms with Gasteiger partial charge in [-0.05, 0) is 6.42 Å². The highest BCUT2D eigenvalue weighted by Crippen LogP contribution is 2.21. The molecule has 0 unspecified atom stereocenters. The molecule has 3 rings (SSSR count). The molecule has 7 heteroatoms. The quantitative estimate of drug-likeness (QED) is 0.871. The maximum Gasteiger partial charge on any atom is 0.266 e. The van der Waals surface area contributed by atoms with Gasteiger partial charge in [0.25, 0.3) is 5.91 Å². The van der Waals surface area contributed by atoms with Crippen LogP contribution in [0.5, 0.6) is 0 Å². The zero-order chi connectivity index (χ0) is 15.0. The Morgan fingerprint density at radius 2 is 2.19 bits per heavy atom. The molecule has 6 nitrogen and oxygen atoms in total. The minimum atomic E-state index is 0.0487. The Kier molecular flexibility index (Phi) is 3.75. The molecule has 0 aromatic carbocycles. The average Bonchev–Trinajstić information content (AvgIpc) is 3.12. The zero-order valence-electron chi connectivity index (χ0n) is 12.5. The summed E-state index contributed by atoms with van der Waals surface area (Å²) in [6, 6.07) is 0. The van der Waals surface area contributed by atoms with Crippen molar-refractivity contribution in [1.82, 2.24) is 24.6 Å². The van der Waals surface area contributed by atoms with Gasteiger partial charge in [-0.2, -0.15) is 0 Å². The first kappa shape index (κ1) is 14.2. The van der Waals surface area contributed by atoms with Crippen molar-refractivity contribution >= 4 is 17.2 Å². The minimum Gasteiger partial charge on any atom is -0.329 e. The van der Waals surface area contributed by atoms with E-state index in [0.717, 1.165) is 29.6 Å². The number of aromatic nitrogens is 4. The maximum absolute atomic E-state index is 12.5. The summed E-state index contributed by atoms with van der Waals surface area (Å²) in [5, 5.41) is 9.48. The lowest BCUT2D eigenvalue weighted by Gasteiger charge is -2.27. The third-order valence-electron chi connectivity index (χ3n) is 3.65. The van der Waals surface area contributed by atoms with Crippen LogP contribution in [0.15, 0.2) is 6.20 Å². The van der Waals surface area contributed by atoms with Crippen LogP contribution in [-0.2, 0) is 19.5 Å². The second kappa shape index (κ2) is 5.55. The summed E-state index contributed by atoms with van der Waals surface area (Å²) < 4.78 is 2.14. The van der Waals surface area contributed by atoms with Gasteiger partial charge < -0.3 is 9.47 Å². The second-order valence-electron chi connectivity index (χ2n) is 5.48. The van der Waals surface area contributed by atoms with E-state index in [9.17, 15) is 4.79 Å². The van der Waals surface area contributed by atoms with Gasteiger partial charge in [0.15, 0.2) is 5.82 Å². The third-order valence-corrected chi connectivity index (χ3v) is 4.78. The summed E-state index contributed by atoms with van der Waals surface area (Å²) in [6.45, 7) is 8.25. The number of hydrogen-bond donors (Lipinski definition) is 0. The van der Waals surface area contributed by atoms with E-state index in [0.29, 0.717) is 23.9 Å². The van der Waals surface area contributed by atoms with Crippen molar-refractivity contribution in [2.24, 2.45) is 0 Å². The molecule has 0 saturated carbocycles. The Hall–Kier alpha value is -1.76. The molecule has 0 bridgehead atoms. The normalized spacial score (nSPS) is 14.6. The Bertz CT molecular complexity index is 660. The van der Waals surface area contributed by atoms with E-state index in [1.165, 1.54) is 11.3 Å². The van der Waals surface area contributed by atoms with Gasteiger partial charge in [-0.25, -0.2) is 4.98 Å². The van der Waals surface area contributed by atoms with E-state index in [2.05, 4.69) is 33.6 Å². The summed E-state index contributed by atoms with van der Waals surface area (Å²) in [4.78, 5) is 19.3. The van der Waals surface area contributed by atoms with Crippen LogP contribution in [0.4, 0.5) is 0 Å². The molecule has 2 aromatic rings. The Labute approximate surface area is 127 Å². The van der Waals surface area contributed by atoms with Crippen molar-refractivity contribution in [2.45, 2.75) is 46.2 Å². The minimum absolute atomic E-state index is 0.0487. The zero-order valence-corrected chi connectivity index (χ0v) is 13.4. The number of nitrogens with zero attached hydrogens (tertiary/aromatic N) is 5. The molecule has 112 valence electrons. The molecule has 21 heavy (non-hydrogen) atoms. The number of rotatable bonds is 3. The molecular weight excluding hydrogens is 286 g/mol. The van der Waals surface area contributed by atoms with Gasteiger partial charge in [0.2, 0.25) is 0 Å². The van der Waals surface area contributed by atoms with Gasteiger partial charge in [-0.1, -0.05) is 20.8 Å². The molecule has 3 heterocycles. The first-order valence-electron chi connectivity index (χ1n) is 7.26. The maximum atomic E-state index is 12.5. The van der Waals surface area contributed by atoms with Crippen LogP contribution >= 0.6 is 11.3 Å². The number of hydrogen-bond acceptors (Lipinski definition) is 5. The highest BCUT2D eigenvalue weighted by atomic mass is 32.1. The fourth-order valence-electron chi connectivity index (χ4n) is 2.51. The van der Waals surface area contributed by atoms with Gasteiger partial charge >= 0.3 is 0 Å². The standard InChI is InChI=1S/C14H19N5OS/c1-4-12-15-7-10(21-12)14(20)18-5-6-19-11(8-18)16-17-13(19)9(2)3/h7,9H,4-6,8H2,1-3H3. The number of carbonyl (C=O) groups is 1. The highest BCUT2D eigenvalue weighted by Gasteiger charge is 2.26. The van der Waals surface area contributed by atoms with Gasteiger partial charge in [0.1, 0.15) is 10.7 Å². The SMILES string of the molecule is CCc1ncc(C(=O)N2CCn3c(nnc3C(C)C)C2)s1. The number of thiazole rings is 1. The number of carbonyl (C=O) groups excluding carboxylic acids is 1. The summed E-state index contributed by atoms with van der Waals surface area (Å²) >= 11 is 1.48. The fraction of sp³-hybridized carbons (Fsp3) is 0.571. The van der Waals surface area contributed by atoms with Crippen LogP contribution in [0.1, 0.15) is 53.0 Å². The van der Waals surface area contributed by atoms with E-state index in [-0.39, 0.29) is 5.91 Å². The van der Waals surface area contributed by atoms with Gasteiger partial charge in [0, 0.05) is 19.0 Å². The molecule has 0 aliphatic carbocycles. The molecular formula is C14H19N5OS. The first-order valence-corrected chi connectivity index (χ1v) is 8.07. The van der Waals surface area contributed by atoms with E-state index < -0.39 is 0 Å². The monoisotopic (exact) mass is 305 g/mol. The van der Waals surface area contributed by atoms with E-state index in [4.69, 9.17) is 0 Å². The predicted octanol–water partition coefficient (Wildman–Crippen LogP) is 2.08. The average molecular weight is 305 g/mol. The van der Waals surface area contributed by atoms with Crippen LogP contribution < -0.4 is 0 Å². The molecule has 0 saturated heterocycles. The molecule has 0 atom stereocenters. The van der Waals surface area contributed by atoms with Crippen LogP contribution in [0, 0.1) is 0 Å². The Morgan fingerprint density at radius 3 is 2.86 bits per heavy atom. The largest absolute Gasteiger partial charge is 0.329 e. The third kappa shape index (κ3) is 2.57. The lowest BCUT2D eigenvalue weighted by atomic mass is 10.2. The topological polar surface area (TPSA) is 63.9 Å². The number of fused-ring (bicyclic) bond motifs is 1. The lowest BCUT2D eigenvalue weighted by Crippen LogP contribution is -2.38. The Balaban J connectivity index is 1.78. The molecule has 0 N–H and O–H groups in total. The second-order valence-corrected chi connectivity index (χ2v) is 6.59.